The van der Waals surface area contributed by atoms with E-state index < -0.39 is 17.3 Å². The monoisotopic (exact) mass is 402 g/mol. The molecule has 3 aromatic carbocycles. The van der Waals surface area contributed by atoms with Crippen molar-refractivity contribution in [3.63, 3.8) is 0 Å². The molecule has 1 heterocycles. The summed E-state index contributed by atoms with van der Waals surface area (Å²) in [5.41, 5.74) is 1.79. The lowest BCUT2D eigenvalue weighted by Gasteiger charge is -2.41. The van der Waals surface area contributed by atoms with E-state index in [1.807, 2.05) is 80.6 Å². The van der Waals surface area contributed by atoms with E-state index in [0.717, 1.165) is 22.3 Å². The first-order valence-corrected chi connectivity index (χ1v) is 10.3. The fraction of sp³-hybridized carbons (Fsp3) is 0.308. The molecule has 5 rings (SSSR count). The topological polar surface area (TPSA) is 58.9 Å². The van der Waals surface area contributed by atoms with Crippen molar-refractivity contribution in [3.8, 4) is 11.5 Å². The van der Waals surface area contributed by atoms with Crippen molar-refractivity contribution in [2.24, 2.45) is 0 Å². The van der Waals surface area contributed by atoms with Gasteiger partial charge in [-0.1, -0.05) is 60.2 Å². The second-order valence-electron chi connectivity index (χ2n) is 8.50. The van der Waals surface area contributed by atoms with Crippen molar-refractivity contribution < 1.29 is 19.7 Å². The van der Waals surface area contributed by atoms with Crippen LogP contribution in [0.4, 0.5) is 0 Å². The number of benzene rings is 3. The van der Waals surface area contributed by atoms with Gasteiger partial charge >= 0.3 is 0 Å². The van der Waals surface area contributed by atoms with Gasteiger partial charge in [-0.25, -0.2) is 0 Å². The van der Waals surface area contributed by atoms with Crippen LogP contribution >= 0.6 is 0 Å². The molecule has 30 heavy (non-hydrogen) atoms. The molecule has 0 saturated heterocycles. The molecule has 2 N–H and O–H groups in total. The molecule has 1 saturated carbocycles. The summed E-state index contributed by atoms with van der Waals surface area (Å²) < 4.78 is 12.2. The van der Waals surface area contributed by atoms with Gasteiger partial charge in [0.15, 0.2) is 11.2 Å². The Labute approximate surface area is 176 Å². The van der Waals surface area contributed by atoms with Crippen molar-refractivity contribution in [2.45, 2.75) is 43.5 Å². The molecule has 0 spiro atoms. The maximum atomic E-state index is 12.3. The van der Waals surface area contributed by atoms with Crippen LogP contribution in [0.1, 0.15) is 40.2 Å². The first kappa shape index (κ1) is 19.2. The third-order valence-electron chi connectivity index (χ3n) is 6.84. The minimum atomic E-state index is -1.57. The molecular formula is C26H26O4. The van der Waals surface area contributed by atoms with E-state index >= 15 is 0 Å². The molecule has 2 aliphatic rings. The highest BCUT2D eigenvalue weighted by atomic mass is 16.5. The molecule has 3 aromatic rings. The molecule has 1 aliphatic heterocycles. The summed E-state index contributed by atoms with van der Waals surface area (Å²) in [4.78, 5) is 0. The van der Waals surface area contributed by atoms with Crippen LogP contribution in [0.5, 0.6) is 11.5 Å². The molecule has 4 atom stereocenters. The minimum Gasteiger partial charge on any atom is -0.497 e. The molecular weight excluding hydrogens is 376 g/mol. The zero-order valence-corrected chi connectivity index (χ0v) is 17.4. The Bertz CT molecular complexity index is 1090. The molecule has 154 valence electrons. The molecule has 0 radical (unpaired) electrons. The van der Waals surface area contributed by atoms with Gasteiger partial charge in [0.05, 0.1) is 13.2 Å². The van der Waals surface area contributed by atoms with Crippen molar-refractivity contribution in [1.82, 2.24) is 0 Å². The van der Waals surface area contributed by atoms with Crippen LogP contribution < -0.4 is 9.47 Å². The van der Waals surface area contributed by atoms with E-state index in [1.165, 1.54) is 0 Å². The van der Waals surface area contributed by atoms with Gasteiger partial charge in [-0.3, -0.25) is 0 Å². The number of hydrogen-bond acceptors (Lipinski definition) is 4. The Morgan fingerprint density at radius 2 is 1.70 bits per heavy atom. The number of methoxy groups -OCH3 is 1. The molecule has 0 aromatic heterocycles. The summed E-state index contributed by atoms with van der Waals surface area (Å²) in [6.45, 7) is 3.96. The number of hydrogen-bond donors (Lipinski definition) is 2. The molecule has 1 fully saturated rings. The zero-order chi connectivity index (χ0) is 21.1. The molecule has 0 bridgehead atoms. The fourth-order valence-electron chi connectivity index (χ4n) is 5.49. The Hall–Kier alpha value is -2.82. The standard InChI is InChI=1S/C26H26O4/c1-16-9-11-19(12-10-16)26-21(18-7-5-4-6-8-18)15-23(27)25(26,28)24-17(2)13-20(29-3)14-22(24)30-26/h4-14,21,23,27-28H,15H2,1-3H3/t21-,23-,25+,26-/m0/s1. The number of aliphatic hydroxyl groups excluding tert-OH is 1. The number of fused-ring (bicyclic) bond motifs is 3. The summed E-state index contributed by atoms with van der Waals surface area (Å²) in [5.74, 6) is 1.01. The molecule has 0 unspecified atom stereocenters. The highest BCUT2D eigenvalue weighted by Crippen LogP contribution is 2.67. The average Bonchev–Trinajstić information content (AvgIpc) is 3.15. The van der Waals surface area contributed by atoms with Crippen LogP contribution in [0.15, 0.2) is 66.7 Å². The lowest BCUT2D eigenvalue weighted by atomic mass is 9.70. The van der Waals surface area contributed by atoms with E-state index in [0.29, 0.717) is 23.5 Å². The van der Waals surface area contributed by atoms with Crippen LogP contribution in [0.2, 0.25) is 0 Å². The maximum absolute atomic E-state index is 12.3. The zero-order valence-electron chi connectivity index (χ0n) is 17.4. The quantitative estimate of drug-likeness (QED) is 0.684. The van der Waals surface area contributed by atoms with Gasteiger partial charge in [0, 0.05) is 17.5 Å². The third kappa shape index (κ3) is 2.35. The summed E-state index contributed by atoms with van der Waals surface area (Å²) in [6.07, 6.45) is -0.573. The SMILES string of the molecule is COc1cc(C)c2c(c1)O[C@@]1(c3ccc(C)cc3)[C@H](c3ccccc3)C[C@H](O)[C@@]21O. The number of rotatable bonds is 3. The van der Waals surface area contributed by atoms with E-state index in [2.05, 4.69) is 0 Å². The molecule has 1 aliphatic carbocycles. The third-order valence-corrected chi connectivity index (χ3v) is 6.84. The maximum Gasteiger partial charge on any atom is 0.176 e. The van der Waals surface area contributed by atoms with E-state index in [-0.39, 0.29) is 5.92 Å². The lowest BCUT2D eigenvalue weighted by Crippen LogP contribution is -2.52. The highest BCUT2D eigenvalue weighted by molar-refractivity contribution is 5.59. The van der Waals surface area contributed by atoms with Crippen LogP contribution in [-0.2, 0) is 11.2 Å². The van der Waals surface area contributed by atoms with Crippen molar-refractivity contribution in [3.05, 3.63) is 94.5 Å². The van der Waals surface area contributed by atoms with Gasteiger partial charge in [0.2, 0.25) is 0 Å². The average molecular weight is 402 g/mol. The first-order valence-electron chi connectivity index (χ1n) is 10.3. The van der Waals surface area contributed by atoms with Crippen molar-refractivity contribution in [1.29, 1.82) is 0 Å². The predicted molar refractivity (Wildman–Crippen MR) is 115 cm³/mol. The van der Waals surface area contributed by atoms with Gasteiger partial charge in [0.25, 0.3) is 0 Å². The molecule has 0 amide bonds. The Kier molecular flexibility index (Phi) is 4.21. The highest BCUT2D eigenvalue weighted by Gasteiger charge is 2.72. The number of ether oxygens (including phenoxy) is 2. The molecule has 4 nitrogen and oxygen atoms in total. The summed E-state index contributed by atoms with van der Waals surface area (Å²) in [6, 6.07) is 21.8. The van der Waals surface area contributed by atoms with Crippen molar-refractivity contribution >= 4 is 0 Å². The first-order chi connectivity index (χ1) is 14.4. The second-order valence-corrected chi connectivity index (χ2v) is 8.50. The summed E-state index contributed by atoms with van der Waals surface area (Å²) in [5, 5.41) is 23.6. The van der Waals surface area contributed by atoms with Crippen LogP contribution in [0.25, 0.3) is 0 Å². The minimum absolute atomic E-state index is 0.223. The van der Waals surface area contributed by atoms with Gasteiger partial charge in [-0.2, -0.15) is 0 Å². The molecule has 4 heteroatoms. The van der Waals surface area contributed by atoms with Gasteiger partial charge < -0.3 is 19.7 Å². The van der Waals surface area contributed by atoms with E-state index in [1.54, 1.807) is 7.11 Å². The van der Waals surface area contributed by atoms with E-state index in [9.17, 15) is 10.2 Å². The van der Waals surface area contributed by atoms with Crippen LogP contribution in [-0.4, -0.2) is 23.4 Å². The smallest absolute Gasteiger partial charge is 0.176 e. The number of aryl methyl sites for hydroxylation is 2. The largest absolute Gasteiger partial charge is 0.497 e. The normalized spacial score (nSPS) is 29.2. The van der Waals surface area contributed by atoms with Crippen LogP contribution in [0, 0.1) is 13.8 Å². The second kappa shape index (κ2) is 6.59. The fourth-order valence-corrected chi connectivity index (χ4v) is 5.49. The Balaban J connectivity index is 1.81. The van der Waals surface area contributed by atoms with Crippen molar-refractivity contribution in [2.75, 3.05) is 7.11 Å². The number of aliphatic hydroxyl groups is 2. The summed E-state index contributed by atoms with van der Waals surface area (Å²) in [7, 11) is 1.61. The van der Waals surface area contributed by atoms with E-state index in [4.69, 9.17) is 9.47 Å². The Morgan fingerprint density at radius 1 is 1.00 bits per heavy atom. The Morgan fingerprint density at radius 3 is 2.37 bits per heavy atom. The van der Waals surface area contributed by atoms with Gasteiger partial charge in [-0.15, -0.1) is 0 Å². The lowest BCUT2D eigenvalue weighted by molar-refractivity contribution is -0.149. The summed E-state index contributed by atoms with van der Waals surface area (Å²) >= 11 is 0. The van der Waals surface area contributed by atoms with Crippen LogP contribution in [0.3, 0.4) is 0 Å². The van der Waals surface area contributed by atoms with Gasteiger partial charge in [-0.05, 0) is 43.0 Å². The van der Waals surface area contributed by atoms with Gasteiger partial charge in [0.1, 0.15) is 11.5 Å². The predicted octanol–water partition coefficient (Wildman–Crippen LogP) is 4.34.